The van der Waals surface area contributed by atoms with Gasteiger partial charge in [0, 0.05) is 16.8 Å². The number of carbonyl (C=O) groups excluding carboxylic acids is 1. The Labute approximate surface area is 231 Å². The largest absolute Gasteiger partial charge is 0.505 e. The Bertz CT molecular complexity index is 1770. The Balaban J connectivity index is 1.55. The van der Waals surface area contributed by atoms with E-state index in [-0.39, 0.29) is 39.5 Å². The SMILES string of the molecule is Cc1ccc(N2C(=O)C(=NNc3cccc(-c4ccc(C(=O)O)c(F)c4)c3O)c3ccc(C(F)(F)F)cc32)cc1C. The molecule has 0 aliphatic carbocycles. The molecule has 1 amide bonds. The highest BCUT2D eigenvalue weighted by molar-refractivity contribution is 6.55. The van der Waals surface area contributed by atoms with Crippen LogP contribution in [0.15, 0.2) is 77.9 Å². The second kappa shape index (κ2) is 10.1. The Morgan fingerprint density at radius 3 is 2.34 bits per heavy atom. The smallest absolute Gasteiger partial charge is 0.416 e. The van der Waals surface area contributed by atoms with Crippen LogP contribution in [0.4, 0.5) is 34.6 Å². The molecule has 0 spiro atoms. The van der Waals surface area contributed by atoms with Gasteiger partial charge in [-0.25, -0.2) is 9.18 Å². The molecule has 1 aliphatic heterocycles. The number of anilines is 3. The van der Waals surface area contributed by atoms with Gasteiger partial charge in [-0.15, -0.1) is 0 Å². The van der Waals surface area contributed by atoms with E-state index in [9.17, 15) is 32.3 Å². The zero-order valence-corrected chi connectivity index (χ0v) is 21.5. The lowest BCUT2D eigenvalue weighted by molar-refractivity contribution is -0.137. The molecular formula is C30H21F4N3O4. The highest BCUT2D eigenvalue weighted by Crippen LogP contribution is 2.41. The molecule has 0 fully saturated rings. The van der Waals surface area contributed by atoms with Gasteiger partial charge in [0.05, 0.1) is 22.5 Å². The first kappa shape index (κ1) is 27.4. The quantitative estimate of drug-likeness (QED) is 0.138. The van der Waals surface area contributed by atoms with E-state index in [1.807, 2.05) is 13.8 Å². The number of nitrogens with zero attached hydrogens (tertiary/aromatic N) is 2. The lowest BCUT2D eigenvalue weighted by Gasteiger charge is -2.19. The summed E-state index contributed by atoms with van der Waals surface area (Å²) in [6.07, 6.45) is -4.64. The van der Waals surface area contributed by atoms with Gasteiger partial charge in [-0.2, -0.15) is 18.3 Å². The number of fused-ring (bicyclic) bond motifs is 1. The first-order valence-corrected chi connectivity index (χ1v) is 12.2. The van der Waals surface area contributed by atoms with Gasteiger partial charge in [-0.1, -0.05) is 24.3 Å². The van der Waals surface area contributed by atoms with Gasteiger partial charge in [-0.3, -0.25) is 15.1 Å². The van der Waals surface area contributed by atoms with Crippen LogP contribution in [0.3, 0.4) is 0 Å². The zero-order valence-electron chi connectivity index (χ0n) is 21.5. The standard InChI is InChI=1S/C30H21F4N3O4/c1-15-6-9-19(12-16(15)2)37-25-14-18(30(32,33)34)8-11-22(25)26(28(37)39)36-35-24-5-3-4-20(27(24)38)17-7-10-21(29(40)41)23(31)13-17/h3-14,35,38H,1-2H3,(H,40,41). The van der Waals surface area contributed by atoms with Crippen molar-refractivity contribution >= 4 is 34.7 Å². The Hall–Kier alpha value is -5.19. The molecule has 0 saturated heterocycles. The number of aryl methyl sites for hydroxylation is 2. The number of aromatic carboxylic acids is 1. The van der Waals surface area contributed by atoms with Crippen LogP contribution in [0.2, 0.25) is 0 Å². The molecule has 0 bridgehead atoms. The molecule has 7 nitrogen and oxygen atoms in total. The number of hydrazone groups is 1. The Morgan fingerprint density at radius 1 is 0.927 bits per heavy atom. The minimum atomic E-state index is -4.64. The molecule has 0 unspecified atom stereocenters. The summed E-state index contributed by atoms with van der Waals surface area (Å²) in [6, 6.07) is 15.8. The summed E-state index contributed by atoms with van der Waals surface area (Å²) in [5.41, 5.74) is 3.58. The highest BCUT2D eigenvalue weighted by Gasteiger charge is 2.39. The fourth-order valence-corrected chi connectivity index (χ4v) is 4.49. The van der Waals surface area contributed by atoms with E-state index in [2.05, 4.69) is 10.5 Å². The molecule has 3 N–H and O–H groups in total. The number of hydrogen-bond donors (Lipinski definition) is 3. The fraction of sp³-hybridized carbons (Fsp3) is 0.100. The van der Waals surface area contributed by atoms with E-state index in [0.717, 1.165) is 40.3 Å². The van der Waals surface area contributed by atoms with Gasteiger partial charge < -0.3 is 10.2 Å². The van der Waals surface area contributed by atoms with Crippen LogP contribution in [-0.4, -0.2) is 27.8 Å². The number of benzene rings is 4. The Morgan fingerprint density at radius 2 is 1.68 bits per heavy atom. The van der Waals surface area contributed by atoms with Crippen LogP contribution < -0.4 is 10.3 Å². The summed E-state index contributed by atoms with van der Waals surface area (Å²) in [7, 11) is 0. The maximum absolute atomic E-state index is 14.3. The zero-order chi connectivity index (χ0) is 29.6. The van der Waals surface area contributed by atoms with E-state index in [0.29, 0.717) is 5.69 Å². The number of phenols is 1. The van der Waals surface area contributed by atoms with Crippen LogP contribution in [-0.2, 0) is 11.0 Å². The molecule has 4 aromatic rings. The van der Waals surface area contributed by atoms with Gasteiger partial charge in [0.1, 0.15) is 11.6 Å². The predicted octanol–water partition coefficient (Wildman–Crippen LogP) is 7.03. The van der Waals surface area contributed by atoms with Crippen molar-refractivity contribution in [3.05, 3.63) is 106 Å². The van der Waals surface area contributed by atoms with E-state index in [4.69, 9.17) is 5.11 Å². The number of halogens is 4. The molecule has 4 aromatic carbocycles. The van der Waals surface area contributed by atoms with Crippen LogP contribution in [0.1, 0.15) is 32.6 Å². The normalized spacial score (nSPS) is 14.0. The Kier molecular flexibility index (Phi) is 6.74. The first-order valence-electron chi connectivity index (χ1n) is 12.2. The number of para-hydroxylation sites is 1. The minimum absolute atomic E-state index is 0.000552. The van der Waals surface area contributed by atoms with Gasteiger partial charge in [0.2, 0.25) is 0 Å². The van der Waals surface area contributed by atoms with Crippen molar-refractivity contribution in [2.24, 2.45) is 5.10 Å². The van der Waals surface area contributed by atoms with Crippen LogP contribution in [0, 0.1) is 19.7 Å². The van der Waals surface area contributed by atoms with Crippen molar-refractivity contribution in [2.45, 2.75) is 20.0 Å². The maximum atomic E-state index is 14.3. The van der Waals surface area contributed by atoms with Crippen LogP contribution >= 0.6 is 0 Å². The van der Waals surface area contributed by atoms with Gasteiger partial charge >= 0.3 is 12.1 Å². The second-order valence-electron chi connectivity index (χ2n) is 9.41. The molecule has 5 rings (SSSR count). The van der Waals surface area contributed by atoms with Crippen molar-refractivity contribution in [3.63, 3.8) is 0 Å². The molecule has 11 heteroatoms. The molecule has 0 radical (unpaired) electrons. The number of nitrogens with one attached hydrogen (secondary N) is 1. The molecule has 41 heavy (non-hydrogen) atoms. The average molecular weight is 564 g/mol. The van der Waals surface area contributed by atoms with E-state index >= 15 is 0 Å². The van der Waals surface area contributed by atoms with E-state index in [1.54, 1.807) is 18.2 Å². The number of carbonyl (C=O) groups is 2. The summed E-state index contributed by atoms with van der Waals surface area (Å²) >= 11 is 0. The summed E-state index contributed by atoms with van der Waals surface area (Å²) in [5.74, 6) is -3.49. The maximum Gasteiger partial charge on any atom is 0.416 e. The van der Waals surface area contributed by atoms with Gasteiger partial charge in [0.15, 0.2) is 5.71 Å². The van der Waals surface area contributed by atoms with E-state index in [1.165, 1.54) is 30.3 Å². The van der Waals surface area contributed by atoms with Gasteiger partial charge in [-0.05, 0) is 79.1 Å². The molecule has 0 aromatic heterocycles. The number of carboxylic acids is 1. The number of hydrogen-bond acceptors (Lipinski definition) is 5. The topological polar surface area (TPSA) is 102 Å². The first-order chi connectivity index (χ1) is 19.4. The fourth-order valence-electron chi connectivity index (χ4n) is 4.49. The minimum Gasteiger partial charge on any atom is -0.505 e. The van der Waals surface area contributed by atoms with Crippen molar-refractivity contribution in [3.8, 4) is 16.9 Å². The third-order valence-corrected chi connectivity index (χ3v) is 6.81. The second-order valence-corrected chi connectivity index (χ2v) is 9.41. The summed E-state index contributed by atoms with van der Waals surface area (Å²) in [5, 5.41) is 24.1. The molecule has 1 heterocycles. The monoisotopic (exact) mass is 563 g/mol. The number of phenolic OH excluding ortho intramolecular Hbond substituents is 1. The van der Waals surface area contributed by atoms with Crippen LogP contribution in [0.5, 0.6) is 5.75 Å². The third kappa shape index (κ3) is 4.97. The van der Waals surface area contributed by atoms with Crippen molar-refractivity contribution < 1.29 is 37.4 Å². The number of carboxylic acid groups (broad SMARTS) is 1. The molecule has 1 aliphatic rings. The molecule has 0 atom stereocenters. The summed E-state index contributed by atoms with van der Waals surface area (Å²) < 4.78 is 54.9. The molecule has 0 saturated carbocycles. The average Bonchev–Trinajstić information content (AvgIpc) is 3.19. The number of rotatable bonds is 5. The number of aromatic hydroxyl groups is 1. The molecule has 208 valence electrons. The predicted molar refractivity (Wildman–Crippen MR) is 145 cm³/mol. The summed E-state index contributed by atoms with van der Waals surface area (Å²) in [6.45, 7) is 3.69. The van der Waals surface area contributed by atoms with Crippen LogP contribution in [0.25, 0.3) is 11.1 Å². The number of alkyl halides is 3. The van der Waals surface area contributed by atoms with Gasteiger partial charge in [0.25, 0.3) is 5.91 Å². The highest BCUT2D eigenvalue weighted by atomic mass is 19.4. The van der Waals surface area contributed by atoms with E-state index < -0.39 is 35.0 Å². The van der Waals surface area contributed by atoms with Crippen molar-refractivity contribution in [2.75, 3.05) is 10.3 Å². The summed E-state index contributed by atoms with van der Waals surface area (Å²) in [4.78, 5) is 25.8. The lowest BCUT2D eigenvalue weighted by Crippen LogP contribution is -2.26. The molecular weight excluding hydrogens is 542 g/mol. The van der Waals surface area contributed by atoms with Crippen molar-refractivity contribution in [1.29, 1.82) is 0 Å². The van der Waals surface area contributed by atoms with Crippen molar-refractivity contribution in [1.82, 2.24) is 0 Å². The number of amides is 1. The third-order valence-electron chi connectivity index (χ3n) is 6.81. The lowest BCUT2D eigenvalue weighted by atomic mass is 10.0.